The molecule has 0 aliphatic heterocycles. The van der Waals surface area contributed by atoms with Crippen molar-refractivity contribution in [3.63, 3.8) is 0 Å². The molecule has 114 valence electrons. The molecule has 0 bridgehead atoms. The number of benzene rings is 1. The maximum Gasteiger partial charge on any atom is 0.0638 e. The molecule has 0 amide bonds. The molecule has 4 nitrogen and oxygen atoms in total. The van der Waals surface area contributed by atoms with Crippen LogP contribution in [0, 0.1) is 6.92 Å². The second kappa shape index (κ2) is 8.87. The fourth-order valence-electron chi connectivity index (χ4n) is 2.02. The number of thioether (sulfide) groups is 1. The Kier molecular flexibility index (Phi) is 6.79. The molecule has 0 atom stereocenters. The van der Waals surface area contributed by atoms with Crippen molar-refractivity contribution < 1.29 is 4.74 Å². The van der Waals surface area contributed by atoms with Gasteiger partial charge in [-0.15, -0.1) is 11.8 Å². The summed E-state index contributed by atoms with van der Waals surface area (Å²) >= 11 is 1.86. The molecule has 0 fully saturated rings. The number of ether oxygens (including phenoxy) is 1. The molecule has 0 spiro atoms. The smallest absolute Gasteiger partial charge is 0.0638 e. The lowest BCUT2D eigenvalue weighted by Crippen LogP contribution is -2.18. The first-order valence-corrected chi connectivity index (χ1v) is 8.18. The van der Waals surface area contributed by atoms with Crippen LogP contribution in [-0.4, -0.2) is 35.8 Å². The molecule has 0 aliphatic rings. The minimum absolute atomic E-state index is 0.737. The molecule has 1 aromatic heterocycles. The van der Waals surface area contributed by atoms with Gasteiger partial charge in [-0.05, 0) is 19.1 Å². The second-order valence-electron chi connectivity index (χ2n) is 4.83. The predicted molar refractivity (Wildman–Crippen MR) is 87.7 cm³/mol. The third-order valence-electron chi connectivity index (χ3n) is 3.18. The van der Waals surface area contributed by atoms with E-state index in [9.17, 15) is 0 Å². The zero-order chi connectivity index (χ0) is 14.9. The number of nitrogens with one attached hydrogen (secondary N) is 1. The van der Waals surface area contributed by atoms with Crippen LogP contribution >= 0.6 is 11.8 Å². The number of methoxy groups -OCH3 is 1. The topological polar surface area (TPSA) is 39.1 Å². The standard InChI is InChI=1S/C16H23N3OS/c1-14-15(12-17-8-10-20-2)13-19(18-14)9-11-21-16-6-4-3-5-7-16/h3-7,13,17H,8-12H2,1-2H3. The van der Waals surface area contributed by atoms with E-state index in [1.807, 2.05) is 22.5 Å². The van der Waals surface area contributed by atoms with Crippen LogP contribution in [0.2, 0.25) is 0 Å². The van der Waals surface area contributed by atoms with Crippen molar-refractivity contribution >= 4 is 11.8 Å². The summed E-state index contributed by atoms with van der Waals surface area (Å²) in [7, 11) is 1.72. The Hall–Kier alpha value is -1.30. The first-order chi connectivity index (χ1) is 10.3. The second-order valence-corrected chi connectivity index (χ2v) is 6.00. The van der Waals surface area contributed by atoms with Crippen molar-refractivity contribution in [2.45, 2.75) is 24.9 Å². The van der Waals surface area contributed by atoms with Crippen molar-refractivity contribution in [2.75, 3.05) is 26.0 Å². The third-order valence-corrected chi connectivity index (χ3v) is 4.17. The van der Waals surface area contributed by atoms with Crippen LogP contribution in [0.1, 0.15) is 11.3 Å². The van der Waals surface area contributed by atoms with Gasteiger partial charge >= 0.3 is 0 Å². The van der Waals surface area contributed by atoms with E-state index >= 15 is 0 Å². The van der Waals surface area contributed by atoms with Gasteiger partial charge in [-0.25, -0.2) is 0 Å². The predicted octanol–water partition coefficient (Wildman–Crippen LogP) is 2.72. The Morgan fingerprint density at radius 2 is 2.10 bits per heavy atom. The van der Waals surface area contributed by atoms with Gasteiger partial charge in [0.1, 0.15) is 0 Å². The summed E-state index contributed by atoms with van der Waals surface area (Å²) < 4.78 is 7.06. The molecule has 21 heavy (non-hydrogen) atoms. The highest BCUT2D eigenvalue weighted by molar-refractivity contribution is 7.99. The van der Waals surface area contributed by atoms with Crippen LogP contribution in [0.4, 0.5) is 0 Å². The summed E-state index contributed by atoms with van der Waals surface area (Å²) in [6.45, 7) is 5.44. The molecular formula is C16H23N3OS. The van der Waals surface area contributed by atoms with Crippen molar-refractivity contribution in [3.05, 3.63) is 47.8 Å². The Bertz CT molecular complexity index is 528. The minimum atomic E-state index is 0.737. The molecule has 0 unspecified atom stereocenters. The van der Waals surface area contributed by atoms with E-state index < -0.39 is 0 Å². The molecule has 1 aromatic carbocycles. The lowest BCUT2D eigenvalue weighted by molar-refractivity contribution is 0.199. The Morgan fingerprint density at radius 1 is 1.29 bits per heavy atom. The van der Waals surface area contributed by atoms with Gasteiger partial charge in [0.15, 0.2) is 0 Å². The molecule has 2 rings (SSSR count). The van der Waals surface area contributed by atoms with Crippen LogP contribution in [0.15, 0.2) is 41.4 Å². The SMILES string of the molecule is COCCNCc1cn(CCSc2ccccc2)nc1C. The van der Waals surface area contributed by atoms with Gasteiger partial charge in [-0.3, -0.25) is 4.68 Å². The van der Waals surface area contributed by atoms with E-state index in [4.69, 9.17) is 4.74 Å². The summed E-state index contributed by atoms with van der Waals surface area (Å²) in [6, 6.07) is 10.5. The molecule has 0 saturated heterocycles. The largest absolute Gasteiger partial charge is 0.383 e. The zero-order valence-electron chi connectivity index (χ0n) is 12.7. The van der Waals surface area contributed by atoms with Gasteiger partial charge in [0.2, 0.25) is 0 Å². The van der Waals surface area contributed by atoms with E-state index in [1.54, 1.807) is 7.11 Å². The summed E-state index contributed by atoms with van der Waals surface area (Å²) in [6.07, 6.45) is 2.14. The fraction of sp³-hybridized carbons (Fsp3) is 0.438. The average molecular weight is 305 g/mol. The van der Waals surface area contributed by atoms with Gasteiger partial charge in [0, 0.05) is 42.6 Å². The van der Waals surface area contributed by atoms with E-state index in [-0.39, 0.29) is 0 Å². The lowest BCUT2D eigenvalue weighted by atomic mass is 10.2. The molecule has 5 heteroatoms. The van der Waals surface area contributed by atoms with Crippen LogP contribution in [0.5, 0.6) is 0 Å². The van der Waals surface area contributed by atoms with Gasteiger partial charge < -0.3 is 10.1 Å². The van der Waals surface area contributed by atoms with Crippen molar-refractivity contribution in [2.24, 2.45) is 0 Å². The summed E-state index contributed by atoms with van der Waals surface area (Å²) in [5.41, 5.74) is 2.36. The average Bonchev–Trinajstić information content (AvgIpc) is 2.85. The van der Waals surface area contributed by atoms with E-state index in [2.05, 4.69) is 47.8 Å². The van der Waals surface area contributed by atoms with Crippen LogP contribution in [0.3, 0.4) is 0 Å². The first kappa shape index (κ1) is 16.1. The van der Waals surface area contributed by atoms with Crippen molar-refractivity contribution in [1.82, 2.24) is 15.1 Å². The summed E-state index contributed by atoms with van der Waals surface area (Å²) in [5, 5.41) is 7.93. The quantitative estimate of drug-likeness (QED) is 0.571. The maximum atomic E-state index is 5.02. The van der Waals surface area contributed by atoms with Crippen molar-refractivity contribution in [1.29, 1.82) is 0 Å². The first-order valence-electron chi connectivity index (χ1n) is 7.20. The van der Waals surface area contributed by atoms with Gasteiger partial charge in [-0.1, -0.05) is 18.2 Å². The van der Waals surface area contributed by atoms with Crippen molar-refractivity contribution in [3.8, 4) is 0 Å². The third kappa shape index (κ3) is 5.53. The number of hydrogen-bond acceptors (Lipinski definition) is 4. The molecule has 0 aliphatic carbocycles. The Morgan fingerprint density at radius 3 is 2.86 bits per heavy atom. The number of hydrogen-bond donors (Lipinski definition) is 1. The molecule has 1 N–H and O–H groups in total. The van der Waals surface area contributed by atoms with E-state index in [0.717, 1.165) is 37.7 Å². The van der Waals surface area contributed by atoms with Gasteiger partial charge in [0.25, 0.3) is 0 Å². The number of aryl methyl sites for hydroxylation is 2. The van der Waals surface area contributed by atoms with Crippen LogP contribution < -0.4 is 5.32 Å². The summed E-state index contributed by atoms with van der Waals surface area (Å²) in [5.74, 6) is 1.03. The molecule has 1 heterocycles. The summed E-state index contributed by atoms with van der Waals surface area (Å²) in [4.78, 5) is 1.31. The monoisotopic (exact) mass is 305 g/mol. The highest BCUT2D eigenvalue weighted by Gasteiger charge is 2.04. The van der Waals surface area contributed by atoms with E-state index in [0.29, 0.717) is 0 Å². The highest BCUT2D eigenvalue weighted by atomic mass is 32.2. The van der Waals surface area contributed by atoms with Gasteiger partial charge in [-0.2, -0.15) is 5.10 Å². The molecule has 0 radical (unpaired) electrons. The van der Waals surface area contributed by atoms with Gasteiger partial charge in [0.05, 0.1) is 18.8 Å². The molecule has 2 aromatic rings. The minimum Gasteiger partial charge on any atom is -0.383 e. The molecule has 0 saturated carbocycles. The Balaban J connectivity index is 1.76. The fourth-order valence-corrected chi connectivity index (χ4v) is 2.88. The number of rotatable bonds is 9. The highest BCUT2D eigenvalue weighted by Crippen LogP contribution is 2.17. The van der Waals surface area contributed by atoms with Crippen LogP contribution in [0.25, 0.3) is 0 Å². The normalized spacial score (nSPS) is 11.0. The van der Waals surface area contributed by atoms with E-state index in [1.165, 1.54) is 10.5 Å². The zero-order valence-corrected chi connectivity index (χ0v) is 13.5. The lowest BCUT2D eigenvalue weighted by Gasteiger charge is -2.02. The number of nitrogens with zero attached hydrogens (tertiary/aromatic N) is 2. The number of aromatic nitrogens is 2. The Labute approximate surface area is 130 Å². The maximum absolute atomic E-state index is 5.02. The molecular weight excluding hydrogens is 282 g/mol. The van der Waals surface area contributed by atoms with Crippen LogP contribution in [-0.2, 0) is 17.8 Å².